The van der Waals surface area contributed by atoms with Crippen molar-refractivity contribution in [2.45, 2.75) is 6.10 Å². The zero-order valence-electron chi connectivity index (χ0n) is 10.8. The van der Waals surface area contributed by atoms with Crippen molar-refractivity contribution < 1.29 is 5.11 Å². The summed E-state index contributed by atoms with van der Waals surface area (Å²) >= 11 is 0. The number of aliphatic hydroxyl groups excluding tert-OH is 1. The van der Waals surface area contributed by atoms with E-state index in [4.69, 9.17) is 0 Å². The fourth-order valence-electron chi connectivity index (χ4n) is 1.96. The highest BCUT2D eigenvalue weighted by Gasteiger charge is 2.07. The van der Waals surface area contributed by atoms with Crippen molar-refractivity contribution in [3.8, 4) is 0 Å². The topological polar surface area (TPSA) is 48.4 Å². The standard InChI is InChI=1S/C14H19N3O/c1-17(2)10-12(18)9-16-14-13-6-4-3-5-11(13)7-8-15-14/h3-8,12,18H,9-10H2,1-2H3,(H,15,16)/t12-/m1/s1. The van der Waals surface area contributed by atoms with Gasteiger partial charge in [-0.3, -0.25) is 0 Å². The van der Waals surface area contributed by atoms with Gasteiger partial charge < -0.3 is 15.3 Å². The molecule has 1 aromatic carbocycles. The molecule has 0 saturated heterocycles. The van der Waals surface area contributed by atoms with Crippen LogP contribution in [0, 0.1) is 0 Å². The second-order valence-corrected chi connectivity index (χ2v) is 4.68. The third kappa shape index (κ3) is 3.18. The van der Waals surface area contributed by atoms with Crippen LogP contribution in [0.15, 0.2) is 36.5 Å². The number of hydrogen-bond acceptors (Lipinski definition) is 4. The SMILES string of the molecule is CN(C)C[C@H](O)CNc1nccc2ccccc12. The van der Waals surface area contributed by atoms with Crippen LogP contribution in [-0.4, -0.2) is 48.3 Å². The Kier molecular flexibility index (Phi) is 4.12. The number of aromatic nitrogens is 1. The van der Waals surface area contributed by atoms with Gasteiger partial charge in [-0.05, 0) is 25.5 Å². The van der Waals surface area contributed by atoms with Crippen molar-refractivity contribution in [1.82, 2.24) is 9.88 Å². The Bertz CT molecular complexity index is 508. The van der Waals surface area contributed by atoms with Crippen molar-refractivity contribution >= 4 is 16.6 Å². The molecule has 0 spiro atoms. The van der Waals surface area contributed by atoms with E-state index >= 15 is 0 Å². The number of nitrogens with zero attached hydrogens (tertiary/aromatic N) is 2. The minimum Gasteiger partial charge on any atom is -0.390 e. The average Bonchev–Trinajstić information content (AvgIpc) is 2.35. The molecule has 4 heteroatoms. The van der Waals surface area contributed by atoms with E-state index in [-0.39, 0.29) is 0 Å². The van der Waals surface area contributed by atoms with E-state index in [1.165, 1.54) is 0 Å². The molecule has 0 radical (unpaired) electrons. The molecule has 0 bridgehead atoms. The highest BCUT2D eigenvalue weighted by Crippen LogP contribution is 2.20. The quantitative estimate of drug-likeness (QED) is 0.839. The first-order valence-corrected chi connectivity index (χ1v) is 6.07. The fourth-order valence-corrected chi connectivity index (χ4v) is 1.96. The summed E-state index contributed by atoms with van der Waals surface area (Å²) in [4.78, 5) is 6.28. The minimum atomic E-state index is -0.402. The molecule has 1 heterocycles. The smallest absolute Gasteiger partial charge is 0.133 e. The fraction of sp³-hybridized carbons (Fsp3) is 0.357. The van der Waals surface area contributed by atoms with Crippen LogP contribution >= 0.6 is 0 Å². The molecule has 2 rings (SSSR count). The van der Waals surface area contributed by atoms with E-state index in [0.29, 0.717) is 13.1 Å². The summed E-state index contributed by atoms with van der Waals surface area (Å²) in [5.41, 5.74) is 0. The van der Waals surface area contributed by atoms with Crippen LogP contribution in [0.2, 0.25) is 0 Å². The lowest BCUT2D eigenvalue weighted by atomic mass is 10.1. The first-order valence-electron chi connectivity index (χ1n) is 6.07. The van der Waals surface area contributed by atoms with Crippen molar-refractivity contribution in [2.24, 2.45) is 0 Å². The number of rotatable bonds is 5. The van der Waals surface area contributed by atoms with E-state index in [0.717, 1.165) is 16.6 Å². The summed E-state index contributed by atoms with van der Waals surface area (Å²) in [6, 6.07) is 10.1. The van der Waals surface area contributed by atoms with Crippen molar-refractivity contribution in [2.75, 3.05) is 32.5 Å². The molecule has 4 nitrogen and oxygen atoms in total. The van der Waals surface area contributed by atoms with Crippen molar-refractivity contribution in [1.29, 1.82) is 0 Å². The predicted octanol–water partition coefficient (Wildman–Crippen LogP) is 1.57. The summed E-state index contributed by atoms with van der Waals surface area (Å²) in [5, 5.41) is 15.3. The van der Waals surface area contributed by atoms with Crippen LogP contribution in [-0.2, 0) is 0 Å². The largest absolute Gasteiger partial charge is 0.390 e. The lowest BCUT2D eigenvalue weighted by Gasteiger charge is -2.17. The first-order chi connectivity index (χ1) is 8.66. The van der Waals surface area contributed by atoms with Crippen molar-refractivity contribution in [3.63, 3.8) is 0 Å². The number of hydrogen-bond donors (Lipinski definition) is 2. The van der Waals surface area contributed by atoms with Crippen LogP contribution < -0.4 is 5.32 Å². The highest BCUT2D eigenvalue weighted by atomic mass is 16.3. The summed E-state index contributed by atoms with van der Waals surface area (Å²) in [7, 11) is 3.89. The molecule has 0 fully saturated rings. The Morgan fingerprint density at radius 1 is 1.28 bits per heavy atom. The summed E-state index contributed by atoms with van der Waals surface area (Å²) < 4.78 is 0. The van der Waals surface area contributed by atoms with Gasteiger partial charge in [-0.1, -0.05) is 24.3 Å². The molecule has 2 N–H and O–H groups in total. The van der Waals surface area contributed by atoms with Crippen LogP contribution in [0.1, 0.15) is 0 Å². The number of fused-ring (bicyclic) bond motifs is 1. The Labute approximate surface area is 107 Å². The number of pyridine rings is 1. The van der Waals surface area contributed by atoms with E-state index in [2.05, 4.69) is 16.4 Å². The summed E-state index contributed by atoms with van der Waals surface area (Å²) in [6.07, 6.45) is 1.38. The number of likely N-dealkylation sites (N-methyl/N-ethyl adjacent to an activating group) is 1. The molecule has 2 aromatic rings. The number of aliphatic hydroxyl groups is 1. The van der Waals surface area contributed by atoms with Gasteiger partial charge in [-0.15, -0.1) is 0 Å². The van der Waals surface area contributed by atoms with E-state index in [1.807, 2.05) is 43.3 Å². The monoisotopic (exact) mass is 245 g/mol. The van der Waals surface area contributed by atoms with Gasteiger partial charge in [-0.25, -0.2) is 4.98 Å². The van der Waals surface area contributed by atoms with Crippen molar-refractivity contribution in [3.05, 3.63) is 36.5 Å². The molecule has 0 unspecified atom stereocenters. The molecule has 96 valence electrons. The number of benzene rings is 1. The van der Waals surface area contributed by atoms with Gasteiger partial charge in [-0.2, -0.15) is 0 Å². The van der Waals surface area contributed by atoms with Gasteiger partial charge in [0, 0.05) is 24.7 Å². The molecule has 1 aromatic heterocycles. The molecule has 0 saturated carbocycles. The highest BCUT2D eigenvalue weighted by molar-refractivity contribution is 5.91. The first kappa shape index (κ1) is 12.8. The maximum absolute atomic E-state index is 9.82. The van der Waals surface area contributed by atoms with Crippen LogP contribution in [0.4, 0.5) is 5.82 Å². The second kappa shape index (κ2) is 5.80. The van der Waals surface area contributed by atoms with Crippen LogP contribution in [0.3, 0.4) is 0 Å². The lowest BCUT2D eigenvalue weighted by Crippen LogP contribution is -2.31. The predicted molar refractivity (Wildman–Crippen MR) is 74.8 cm³/mol. The van der Waals surface area contributed by atoms with Gasteiger partial charge >= 0.3 is 0 Å². The number of nitrogens with one attached hydrogen (secondary N) is 1. The van der Waals surface area contributed by atoms with Gasteiger partial charge in [0.05, 0.1) is 6.10 Å². The third-order valence-electron chi connectivity index (χ3n) is 2.75. The van der Waals surface area contributed by atoms with Gasteiger partial charge in [0.15, 0.2) is 0 Å². The van der Waals surface area contributed by atoms with E-state index < -0.39 is 6.10 Å². The summed E-state index contributed by atoms with van der Waals surface area (Å²) in [6.45, 7) is 1.14. The van der Waals surface area contributed by atoms with Gasteiger partial charge in [0.25, 0.3) is 0 Å². The molecule has 0 aliphatic rings. The van der Waals surface area contributed by atoms with Gasteiger partial charge in [0.2, 0.25) is 0 Å². The Morgan fingerprint density at radius 3 is 2.83 bits per heavy atom. The average molecular weight is 245 g/mol. The maximum Gasteiger partial charge on any atom is 0.133 e. The molecule has 0 aliphatic heterocycles. The second-order valence-electron chi connectivity index (χ2n) is 4.68. The molecule has 0 aliphatic carbocycles. The van der Waals surface area contributed by atoms with E-state index in [1.54, 1.807) is 6.20 Å². The Balaban J connectivity index is 2.08. The maximum atomic E-state index is 9.82. The Morgan fingerprint density at radius 2 is 2.06 bits per heavy atom. The van der Waals surface area contributed by atoms with Crippen LogP contribution in [0.25, 0.3) is 10.8 Å². The molecular weight excluding hydrogens is 226 g/mol. The molecular formula is C14H19N3O. The minimum absolute atomic E-state index is 0.402. The summed E-state index contributed by atoms with van der Waals surface area (Å²) in [5.74, 6) is 0.825. The molecule has 0 amide bonds. The Hall–Kier alpha value is -1.65. The molecule has 18 heavy (non-hydrogen) atoms. The van der Waals surface area contributed by atoms with E-state index in [9.17, 15) is 5.11 Å². The lowest BCUT2D eigenvalue weighted by molar-refractivity contribution is 0.148. The van der Waals surface area contributed by atoms with Crippen LogP contribution in [0.5, 0.6) is 0 Å². The third-order valence-corrected chi connectivity index (χ3v) is 2.75. The molecule has 1 atom stereocenters. The number of anilines is 1. The zero-order chi connectivity index (χ0) is 13.0. The van der Waals surface area contributed by atoms with Gasteiger partial charge in [0.1, 0.15) is 5.82 Å². The zero-order valence-corrected chi connectivity index (χ0v) is 10.8. The normalized spacial score (nSPS) is 12.9.